The van der Waals surface area contributed by atoms with Crippen molar-refractivity contribution in [1.29, 1.82) is 0 Å². The number of imidazole rings is 1. The Morgan fingerprint density at radius 1 is 1.29 bits per heavy atom. The maximum atomic E-state index is 12.2. The number of nitrogens with zero attached hydrogens (tertiary/aromatic N) is 1. The third-order valence-electron chi connectivity index (χ3n) is 3.61. The van der Waals surface area contributed by atoms with E-state index in [2.05, 4.69) is 15.3 Å². The van der Waals surface area contributed by atoms with E-state index in [1.807, 2.05) is 55.5 Å². The van der Waals surface area contributed by atoms with E-state index < -0.39 is 0 Å². The molecule has 6 heteroatoms. The van der Waals surface area contributed by atoms with Gasteiger partial charge in [-0.1, -0.05) is 18.2 Å². The molecule has 0 aliphatic carbocycles. The molecular formula is C18H19N3O2S. The summed E-state index contributed by atoms with van der Waals surface area (Å²) in [5.41, 5.74) is 1.87. The van der Waals surface area contributed by atoms with E-state index in [0.29, 0.717) is 5.75 Å². The lowest BCUT2D eigenvalue weighted by atomic mass is 10.3. The molecule has 0 aliphatic heterocycles. The number of thioether (sulfide) groups is 1. The highest BCUT2D eigenvalue weighted by atomic mass is 32.2. The van der Waals surface area contributed by atoms with Crippen molar-refractivity contribution in [2.45, 2.75) is 17.9 Å². The fourth-order valence-electron chi connectivity index (χ4n) is 2.37. The van der Waals surface area contributed by atoms with Crippen LogP contribution in [0.4, 0.5) is 0 Å². The number of H-pyrrole nitrogens is 1. The summed E-state index contributed by atoms with van der Waals surface area (Å²) in [5, 5.41) is 2.97. The summed E-state index contributed by atoms with van der Waals surface area (Å²) < 4.78 is 5.19. The normalized spacial score (nSPS) is 12.1. The van der Waals surface area contributed by atoms with Gasteiger partial charge in [0.05, 0.1) is 29.9 Å². The number of methoxy groups -OCH3 is 1. The fourth-order valence-corrected chi connectivity index (χ4v) is 3.12. The number of nitrogens with one attached hydrogen (secondary N) is 2. The van der Waals surface area contributed by atoms with Crippen molar-refractivity contribution in [2.75, 3.05) is 12.9 Å². The van der Waals surface area contributed by atoms with Crippen LogP contribution in [0, 0.1) is 0 Å². The van der Waals surface area contributed by atoms with Crippen LogP contribution in [0.2, 0.25) is 0 Å². The first-order valence-electron chi connectivity index (χ1n) is 7.66. The maximum absolute atomic E-state index is 12.2. The Bertz CT molecular complexity index is 814. The Morgan fingerprint density at radius 2 is 2.12 bits per heavy atom. The zero-order valence-electron chi connectivity index (χ0n) is 13.6. The quantitative estimate of drug-likeness (QED) is 0.673. The molecular weight excluding hydrogens is 322 g/mol. The molecule has 1 atom stereocenters. The predicted molar refractivity (Wildman–Crippen MR) is 96.4 cm³/mol. The van der Waals surface area contributed by atoms with Gasteiger partial charge >= 0.3 is 0 Å². The van der Waals surface area contributed by atoms with Crippen molar-refractivity contribution < 1.29 is 9.53 Å². The molecule has 0 spiro atoms. The van der Waals surface area contributed by atoms with Gasteiger partial charge in [-0.2, -0.15) is 0 Å². The van der Waals surface area contributed by atoms with Crippen LogP contribution in [-0.2, 0) is 4.79 Å². The number of hydrogen-bond donors (Lipinski definition) is 2. The van der Waals surface area contributed by atoms with Crippen molar-refractivity contribution in [3.63, 3.8) is 0 Å². The molecule has 0 saturated carbocycles. The number of para-hydroxylation sites is 2. The molecule has 24 heavy (non-hydrogen) atoms. The van der Waals surface area contributed by atoms with Gasteiger partial charge in [0.15, 0.2) is 0 Å². The summed E-state index contributed by atoms with van der Waals surface area (Å²) in [7, 11) is 1.63. The van der Waals surface area contributed by atoms with Crippen LogP contribution in [0.15, 0.2) is 53.4 Å². The van der Waals surface area contributed by atoms with Crippen molar-refractivity contribution in [3.8, 4) is 5.75 Å². The number of fused-ring (bicyclic) bond motifs is 1. The SMILES string of the molecule is COc1cccc(SCC(=O)NC(C)c2nc3ccccc3[nH]2)c1. The molecule has 3 rings (SSSR count). The van der Waals surface area contributed by atoms with Crippen LogP contribution in [0.3, 0.4) is 0 Å². The Hall–Kier alpha value is -2.47. The molecule has 1 amide bonds. The molecule has 1 aromatic heterocycles. The highest BCUT2D eigenvalue weighted by Gasteiger charge is 2.13. The molecule has 5 nitrogen and oxygen atoms in total. The standard InChI is InChI=1S/C18H19N3O2S/c1-12(18-20-15-8-3-4-9-16(15)21-18)19-17(22)11-24-14-7-5-6-13(10-14)23-2/h3-10,12H,11H2,1-2H3,(H,19,22)(H,20,21). The largest absolute Gasteiger partial charge is 0.497 e. The average molecular weight is 341 g/mol. The van der Waals surface area contributed by atoms with Crippen LogP contribution in [0.5, 0.6) is 5.75 Å². The van der Waals surface area contributed by atoms with E-state index in [4.69, 9.17) is 4.74 Å². The summed E-state index contributed by atoms with van der Waals surface area (Å²) in [5.74, 6) is 1.86. The summed E-state index contributed by atoms with van der Waals surface area (Å²) >= 11 is 1.48. The highest BCUT2D eigenvalue weighted by molar-refractivity contribution is 8.00. The minimum atomic E-state index is -0.171. The van der Waals surface area contributed by atoms with Gasteiger partial charge in [-0.3, -0.25) is 4.79 Å². The number of benzene rings is 2. The van der Waals surface area contributed by atoms with Crippen molar-refractivity contribution in [2.24, 2.45) is 0 Å². The summed E-state index contributed by atoms with van der Waals surface area (Å²) in [6.45, 7) is 1.92. The predicted octanol–water partition coefficient (Wildman–Crippen LogP) is 3.54. The van der Waals surface area contributed by atoms with Crippen molar-refractivity contribution in [3.05, 3.63) is 54.4 Å². The molecule has 3 aromatic rings. The molecule has 2 aromatic carbocycles. The number of amides is 1. The van der Waals surface area contributed by atoms with E-state index in [9.17, 15) is 4.79 Å². The van der Waals surface area contributed by atoms with Gasteiger partial charge in [0, 0.05) is 4.90 Å². The molecule has 0 radical (unpaired) electrons. The van der Waals surface area contributed by atoms with Crippen LogP contribution in [0.25, 0.3) is 11.0 Å². The minimum absolute atomic E-state index is 0.0317. The van der Waals surface area contributed by atoms with Crippen LogP contribution in [-0.4, -0.2) is 28.7 Å². The molecule has 1 unspecified atom stereocenters. The van der Waals surface area contributed by atoms with Gasteiger partial charge in [0.1, 0.15) is 11.6 Å². The number of hydrogen-bond acceptors (Lipinski definition) is 4. The van der Waals surface area contributed by atoms with E-state index in [0.717, 1.165) is 27.5 Å². The zero-order chi connectivity index (χ0) is 16.9. The number of aromatic nitrogens is 2. The lowest BCUT2D eigenvalue weighted by molar-refractivity contribution is -0.119. The third-order valence-corrected chi connectivity index (χ3v) is 4.60. The van der Waals surface area contributed by atoms with Gasteiger partial charge in [0.25, 0.3) is 0 Å². The second-order valence-electron chi connectivity index (χ2n) is 5.40. The number of ether oxygens (including phenoxy) is 1. The topological polar surface area (TPSA) is 67.0 Å². The van der Waals surface area contributed by atoms with Gasteiger partial charge in [0.2, 0.25) is 5.91 Å². The van der Waals surface area contributed by atoms with Crippen LogP contribution >= 0.6 is 11.8 Å². The molecule has 0 saturated heterocycles. The second-order valence-corrected chi connectivity index (χ2v) is 6.44. The van der Waals surface area contributed by atoms with Gasteiger partial charge in [-0.05, 0) is 37.3 Å². The van der Waals surface area contributed by atoms with Gasteiger partial charge in [-0.15, -0.1) is 11.8 Å². The lowest BCUT2D eigenvalue weighted by Crippen LogP contribution is -2.28. The fraction of sp³-hybridized carbons (Fsp3) is 0.222. The summed E-state index contributed by atoms with van der Waals surface area (Å²) in [6.07, 6.45) is 0. The van der Waals surface area contributed by atoms with E-state index >= 15 is 0 Å². The molecule has 0 aliphatic rings. The Balaban J connectivity index is 1.57. The second kappa shape index (κ2) is 7.40. The third kappa shape index (κ3) is 3.89. The summed E-state index contributed by atoms with van der Waals surface area (Å²) in [4.78, 5) is 20.9. The Labute approximate surface area is 144 Å². The van der Waals surface area contributed by atoms with E-state index in [1.54, 1.807) is 7.11 Å². The lowest BCUT2D eigenvalue weighted by Gasteiger charge is -2.11. The smallest absolute Gasteiger partial charge is 0.230 e. The zero-order valence-corrected chi connectivity index (χ0v) is 14.4. The Kier molecular flexibility index (Phi) is 5.05. The highest BCUT2D eigenvalue weighted by Crippen LogP contribution is 2.23. The van der Waals surface area contributed by atoms with Crippen LogP contribution in [0.1, 0.15) is 18.8 Å². The first kappa shape index (κ1) is 16.4. The monoisotopic (exact) mass is 341 g/mol. The number of rotatable bonds is 6. The molecule has 2 N–H and O–H groups in total. The molecule has 0 fully saturated rings. The molecule has 0 bridgehead atoms. The molecule has 1 heterocycles. The van der Waals surface area contributed by atoms with Crippen molar-refractivity contribution >= 4 is 28.7 Å². The first-order chi connectivity index (χ1) is 11.7. The number of aromatic amines is 1. The molecule has 124 valence electrons. The van der Waals surface area contributed by atoms with Crippen LogP contribution < -0.4 is 10.1 Å². The van der Waals surface area contributed by atoms with Gasteiger partial charge in [-0.25, -0.2) is 4.98 Å². The minimum Gasteiger partial charge on any atom is -0.497 e. The average Bonchev–Trinajstić information content (AvgIpc) is 3.04. The Morgan fingerprint density at radius 3 is 2.92 bits per heavy atom. The number of carbonyl (C=O) groups excluding carboxylic acids is 1. The van der Waals surface area contributed by atoms with E-state index in [-0.39, 0.29) is 11.9 Å². The number of carbonyl (C=O) groups is 1. The van der Waals surface area contributed by atoms with Crippen molar-refractivity contribution in [1.82, 2.24) is 15.3 Å². The van der Waals surface area contributed by atoms with Gasteiger partial charge < -0.3 is 15.0 Å². The summed E-state index contributed by atoms with van der Waals surface area (Å²) in [6, 6.07) is 15.3. The van der Waals surface area contributed by atoms with E-state index in [1.165, 1.54) is 11.8 Å². The maximum Gasteiger partial charge on any atom is 0.230 e. The first-order valence-corrected chi connectivity index (χ1v) is 8.65.